The number of thiophene rings is 1. The molecule has 1 amide bonds. The first kappa shape index (κ1) is 17.6. The van der Waals surface area contributed by atoms with Crippen LogP contribution in [0.1, 0.15) is 33.4 Å². The molecule has 25 heavy (non-hydrogen) atoms. The van der Waals surface area contributed by atoms with E-state index in [1.54, 1.807) is 16.0 Å². The number of nitrogens with one attached hydrogen (secondary N) is 1. The fourth-order valence-electron chi connectivity index (χ4n) is 3.21. The number of aromatic nitrogens is 2. The maximum Gasteiger partial charge on any atom is 0.255 e. The number of rotatable bonds is 5. The van der Waals surface area contributed by atoms with Gasteiger partial charge in [0.1, 0.15) is 0 Å². The smallest absolute Gasteiger partial charge is 0.255 e. The fourth-order valence-corrected chi connectivity index (χ4v) is 4.22. The summed E-state index contributed by atoms with van der Waals surface area (Å²) in [5.41, 5.74) is 3.58. The van der Waals surface area contributed by atoms with Gasteiger partial charge in [-0.2, -0.15) is 5.10 Å². The number of fused-ring (bicyclic) bond motifs is 1. The van der Waals surface area contributed by atoms with Crippen molar-refractivity contribution in [3.8, 4) is 0 Å². The molecule has 3 rings (SSSR count). The van der Waals surface area contributed by atoms with Crippen molar-refractivity contribution in [3.63, 3.8) is 0 Å². The van der Waals surface area contributed by atoms with Gasteiger partial charge < -0.3 is 10.2 Å². The highest BCUT2D eigenvalue weighted by atomic mass is 32.1. The highest BCUT2D eigenvalue weighted by Crippen LogP contribution is 2.32. The number of nitrogens with zero attached hydrogens (tertiary/aromatic N) is 3. The summed E-state index contributed by atoms with van der Waals surface area (Å²) in [7, 11) is 5.95. The van der Waals surface area contributed by atoms with E-state index in [0.29, 0.717) is 12.1 Å². The van der Waals surface area contributed by atoms with E-state index in [4.69, 9.17) is 0 Å². The van der Waals surface area contributed by atoms with Crippen LogP contribution in [0.5, 0.6) is 0 Å². The molecule has 0 spiro atoms. The Balaban J connectivity index is 1.82. The van der Waals surface area contributed by atoms with Crippen molar-refractivity contribution in [2.75, 3.05) is 20.6 Å². The summed E-state index contributed by atoms with van der Waals surface area (Å²) in [4.78, 5) is 14.8. The summed E-state index contributed by atoms with van der Waals surface area (Å²) >= 11 is 1.75. The molecule has 0 unspecified atom stereocenters. The highest BCUT2D eigenvalue weighted by Gasteiger charge is 2.22. The summed E-state index contributed by atoms with van der Waals surface area (Å²) < 4.78 is 3.02. The third-order valence-electron chi connectivity index (χ3n) is 4.69. The lowest BCUT2D eigenvalue weighted by atomic mass is 10.0. The van der Waals surface area contributed by atoms with Gasteiger partial charge in [-0.25, -0.2) is 0 Å². The molecule has 0 saturated carbocycles. The van der Waals surface area contributed by atoms with E-state index in [1.807, 2.05) is 35.0 Å². The van der Waals surface area contributed by atoms with Crippen molar-refractivity contribution >= 4 is 27.3 Å². The van der Waals surface area contributed by atoms with Crippen LogP contribution in [0.2, 0.25) is 0 Å². The third kappa shape index (κ3) is 3.32. The first-order valence-corrected chi connectivity index (χ1v) is 9.19. The zero-order chi connectivity index (χ0) is 18.1. The molecule has 0 radical (unpaired) electrons. The number of hydrogen-bond acceptors (Lipinski definition) is 4. The van der Waals surface area contributed by atoms with Gasteiger partial charge in [-0.15, -0.1) is 11.3 Å². The van der Waals surface area contributed by atoms with E-state index in [-0.39, 0.29) is 11.9 Å². The van der Waals surface area contributed by atoms with Gasteiger partial charge in [0.25, 0.3) is 5.91 Å². The van der Waals surface area contributed by atoms with Crippen molar-refractivity contribution in [1.29, 1.82) is 0 Å². The van der Waals surface area contributed by atoms with Gasteiger partial charge in [0, 0.05) is 24.0 Å². The van der Waals surface area contributed by atoms with Crippen molar-refractivity contribution in [2.45, 2.75) is 19.9 Å². The van der Waals surface area contributed by atoms with Crippen LogP contribution in [0.3, 0.4) is 0 Å². The zero-order valence-corrected chi connectivity index (χ0v) is 16.1. The number of carbonyl (C=O) groups excluding carboxylic acids is 1. The molecule has 132 valence electrons. The Hall–Kier alpha value is -2.18. The summed E-state index contributed by atoms with van der Waals surface area (Å²) in [6, 6.07) is 8.53. The van der Waals surface area contributed by atoms with Crippen LogP contribution in [-0.4, -0.2) is 41.2 Å². The minimum Gasteiger partial charge on any atom is -0.350 e. The minimum absolute atomic E-state index is 0.0607. The molecule has 0 fully saturated rings. The average molecular weight is 356 g/mol. The van der Waals surface area contributed by atoms with Crippen LogP contribution >= 0.6 is 11.3 Å². The van der Waals surface area contributed by atoms with Crippen LogP contribution in [0.15, 0.2) is 29.6 Å². The third-order valence-corrected chi connectivity index (χ3v) is 5.67. The molecule has 0 saturated heterocycles. The van der Waals surface area contributed by atoms with Crippen molar-refractivity contribution in [1.82, 2.24) is 20.0 Å². The SMILES string of the molecule is Cc1nn(C)c(C)c1C(=O)NC[C@@H](c1csc2ccccc12)N(C)C. The quantitative estimate of drug-likeness (QED) is 0.763. The van der Waals surface area contributed by atoms with Gasteiger partial charge in [0.05, 0.1) is 17.3 Å². The molecule has 0 aliphatic carbocycles. The second kappa shape index (κ2) is 6.98. The predicted octanol–water partition coefficient (Wildman–Crippen LogP) is 3.28. The summed E-state index contributed by atoms with van der Waals surface area (Å²) in [5.74, 6) is -0.0607. The number of aryl methyl sites for hydroxylation is 2. The average Bonchev–Trinajstić information content (AvgIpc) is 3.09. The van der Waals surface area contributed by atoms with Crippen LogP contribution in [-0.2, 0) is 7.05 Å². The molecular formula is C19H24N4OS. The van der Waals surface area contributed by atoms with Crippen molar-refractivity contribution in [3.05, 3.63) is 52.2 Å². The molecule has 0 aliphatic rings. The van der Waals surface area contributed by atoms with Crippen molar-refractivity contribution in [2.24, 2.45) is 7.05 Å². The van der Waals surface area contributed by atoms with Crippen LogP contribution in [0.25, 0.3) is 10.1 Å². The molecule has 2 aromatic heterocycles. The van der Waals surface area contributed by atoms with Crippen LogP contribution in [0.4, 0.5) is 0 Å². The molecule has 1 atom stereocenters. The zero-order valence-electron chi connectivity index (χ0n) is 15.3. The van der Waals surface area contributed by atoms with E-state index in [2.05, 4.69) is 45.0 Å². The maximum absolute atomic E-state index is 12.7. The Bertz CT molecular complexity index is 909. The van der Waals surface area contributed by atoms with E-state index in [0.717, 1.165) is 11.4 Å². The molecule has 1 N–H and O–H groups in total. The van der Waals surface area contributed by atoms with E-state index < -0.39 is 0 Å². The van der Waals surface area contributed by atoms with Crippen molar-refractivity contribution < 1.29 is 4.79 Å². The standard InChI is InChI=1S/C19H24N4OS/c1-12-18(13(2)23(5)21-12)19(24)20-10-16(22(3)4)15-11-25-17-9-7-6-8-14(15)17/h6-9,11,16H,10H2,1-5H3,(H,20,24)/t16-/m0/s1. The molecular weight excluding hydrogens is 332 g/mol. The predicted molar refractivity (Wildman–Crippen MR) is 103 cm³/mol. The maximum atomic E-state index is 12.7. The lowest BCUT2D eigenvalue weighted by Crippen LogP contribution is -2.34. The van der Waals surface area contributed by atoms with Gasteiger partial charge in [0.15, 0.2) is 0 Å². The molecule has 0 bridgehead atoms. The summed E-state index contributed by atoms with van der Waals surface area (Å²) in [5, 5.41) is 10.9. The van der Waals surface area contributed by atoms with E-state index >= 15 is 0 Å². The molecule has 1 aromatic carbocycles. The second-order valence-electron chi connectivity index (χ2n) is 6.55. The fraction of sp³-hybridized carbons (Fsp3) is 0.368. The number of benzene rings is 1. The second-order valence-corrected chi connectivity index (χ2v) is 7.46. The summed E-state index contributed by atoms with van der Waals surface area (Å²) in [6.07, 6.45) is 0. The van der Waals surface area contributed by atoms with Gasteiger partial charge in [-0.3, -0.25) is 9.48 Å². The van der Waals surface area contributed by atoms with Gasteiger partial charge in [0.2, 0.25) is 0 Å². The first-order chi connectivity index (χ1) is 11.9. The Kier molecular flexibility index (Phi) is 4.92. The van der Waals surface area contributed by atoms with Crippen LogP contribution in [0, 0.1) is 13.8 Å². The summed E-state index contributed by atoms with van der Waals surface area (Å²) in [6.45, 7) is 4.35. The topological polar surface area (TPSA) is 50.2 Å². The normalized spacial score (nSPS) is 12.7. The van der Waals surface area contributed by atoms with Gasteiger partial charge in [-0.1, -0.05) is 18.2 Å². The van der Waals surface area contributed by atoms with E-state index in [1.165, 1.54) is 15.6 Å². The molecule has 6 heteroatoms. The lowest BCUT2D eigenvalue weighted by molar-refractivity contribution is 0.0941. The largest absolute Gasteiger partial charge is 0.350 e. The van der Waals surface area contributed by atoms with Crippen LogP contribution < -0.4 is 5.32 Å². The first-order valence-electron chi connectivity index (χ1n) is 8.31. The van der Waals surface area contributed by atoms with Gasteiger partial charge in [-0.05, 0) is 50.3 Å². The monoisotopic (exact) mass is 356 g/mol. The number of amides is 1. The highest BCUT2D eigenvalue weighted by molar-refractivity contribution is 7.17. The molecule has 0 aliphatic heterocycles. The Labute approximate surface area is 152 Å². The Morgan fingerprint density at radius 3 is 2.68 bits per heavy atom. The number of likely N-dealkylation sites (N-methyl/N-ethyl adjacent to an activating group) is 1. The molecule has 2 heterocycles. The number of hydrogen-bond donors (Lipinski definition) is 1. The molecule has 3 aromatic rings. The van der Waals surface area contributed by atoms with Gasteiger partial charge >= 0.3 is 0 Å². The Morgan fingerprint density at radius 1 is 1.32 bits per heavy atom. The number of carbonyl (C=O) groups is 1. The van der Waals surface area contributed by atoms with E-state index in [9.17, 15) is 4.79 Å². The Morgan fingerprint density at radius 2 is 2.04 bits per heavy atom. The lowest BCUT2D eigenvalue weighted by Gasteiger charge is -2.24. The minimum atomic E-state index is -0.0607. The molecule has 5 nitrogen and oxygen atoms in total.